The number of carbonyl (C=O) groups excluding carboxylic acids is 2. The molecule has 1 aromatic rings. The van der Waals surface area contributed by atoms with Crippen molar-refractivity contribution in [3.05, 3.63) is 29.6 Å². The molecule has 22 heavy (non-hydrogen) atoms. The van der Waals surface area contributed by atoms with Gasteiger partial charge in [-0.1, -0.05) is 13.0 Å². The van der Waals surface area contributed by atoms with Crippen molar-refractivity contribution in [2.24, 2.45) is 5.92 Å². The number of hydrogen-bond donors (Lipinski definition) is 2. The van der Waals surface area contributed by atoms with Crippen LogP contribution in [-0.4, -0.2) is 51.4 Å². The van der Waals surface area contributed by atoms with Crippen molar-refractivity contribution in [1.82, 2.24) is 15.2 Å². The number of likely N-dealkylation sites (tertiary alicyclic amines) is 1. The minimum Gasteiger partial charge on any atom is -0.477 e. The van der Waals surface area contributed by atoms with Gasteiger partial charge >= 0.3 is 5.97 Å². The Hall–Kier alpha value is -2.44. The van der Waals surface area contributed by atoms with Crippen LogP contribution in [-0.2, 0) is 4.79 Å². The highest BCUT2D eigenvalue weighted by atomic mass is 16.4. The first-order chi connectivity index (χ1) is 10.5. The average molecular weight is 303 g/mol. The molecule has 2 heterocycles. The third-order valence-corrected chi connectivity index (χ3v) is 4.16. The van der Waals surface area contributed by atoms with Crippen molar-refractivity contribution in [2.45, 2.75) is 31.8 Å². The van der Waals surface area contributed by atoms with E-state index in [2.05, 4.69) is 17.2 Å². The highest BCUT2D eigenvalue weighted by Gasteiger charge is 2.44. The highest BCUT2D eigenvalue weighted by molar-refractivity contribution is 5.95. The number of rotatable bonds is 4. The number of hydrogen-bond acceptors (Lipinski definition) is 4. The van der Waals surface area contributed by atoms with Gasteiger partial charge < -0.3 is 15.3 Å². The maximum Gasteiger partial charge on any atom is 0.354 e. The molecule has 0 aromatic carbocycles. The maximum absolute atomic E-state index is 12.1. The van der Waals surface area contributed by atoms with E-state index in [0.29, 0.717) is 18.5 Å². The molecule has 2 fully saturated rings. The first-order valence-electron chi connectivity index (χ1n) is 7.26. The number of amides is 2. The van der Waals surface area contributed by atoms with Crippen LogP contribution in [0.15, 0.2) is 18.2 Å². The van der Waals surface area contributed by atoms with Crippen molar-refractivity contribution < 1.29 is 19.5 Å². The zero-order chi connectivity index (χ0) is 15.9. The van der Waals surface area contributed by atoms with Gasteiger partial charge in [-0.25, -0.2) is 9.78 Å². The molecule has 3 atom stereocenters. The molecule has 3 rings (SSSR count). The lowest BCUT2D eigenvalue weighted by molar-refractivity contribution is -0.128. The number of aromatic nitrogens is 1. The molecule has 7 heteroatoms. The SMILES string of the molecule is CC1CC1N1CC(NC(=O)c2cccc(C(=O)O)n2)CC1=O. The Kier molecular flexibility index (Phi) is 3.56. The largest absolute Gasteiger partial charge is 0.477 e. The lowest BCUT2D eigenvalue weighted by Crippen LogP contribution is -2.38. The highest BCUT2D eigenvalue weighted by Crippen LogP contribution is 2.37. The molecule has 0 spiro atoms. The summed E-state index contributed by atoms with van der Waals surface area (Å²) in [4.78, 5) is 40.6. The molecule has 1 aliphatic heterocycles. The molecule has 1 aliphatic carbocycles. The summed E-state index contributed by atoms with van der Waals surface area (Å²) in [6.07, 6.45) is 1.31. The van der Waals surface area contributed by atoms with Crippen LogP contribution in [0.1, 0.15) is 40.7 Å². The predicted molar refractivity (Wildman–Crippen MR) is 76.3 cm³/mol. The van der Waals surface area contributed by atoms with E-state index >= 15 is 0 Å². The molecule has 3 unspecified atom stereocenters. The first-order valence-corrected chi connectivity index (χ1v) is 7.26. The number of aromatic carboxylic acids is 1. The summed E-state index contributed by atoms with van der Waals surface area (Å²) in [5.41, 5.74) is -0.130. The standard InChI is InChI=1S/C15H17N3O4/c1-8-5-12(8)18-7-9(6-13(18)19)16-14(20)10-3-2-4-11(17-10)15(21)22/h2-4,8-9,12H,5-7H2,1H3,(H,16,20)(H,21,22). The number of pyridine rings is 1. The molecule has 116 valence electrons. The fourth-order valence-corrected chi connectivity index (χ4v) is 2.83. The molecule has 7 nitrogen and oxygen atoms in total. The third-order valence-electron chi connectivity index (χ3n) is 4.16. The Morgan fingerprint density at radius 3 is 2.68 bits per heavy atom. The minimum absolute atomic E-state index is 0.0468. The lowest BCUT2D eigenvalue weighted by atomic mass is 10.2. The van der Waals surface area contributed by atoms with Gasteiger partial charge in [-0.05, 0) is 24.5 Å². The Balaban J connectivity index is 1.64. The number of carbonyl (C=O) groups is 3. The molecule has 2 amide bonds. The molecular weight excluding hydrogens is 286 g/mol. The molecular formula is C15H17N3O4. The summed E-state index contributed by atoms with van der Waals surface area (Å²) < 4.78 is 0. The fourth-order valence-electron chi connectivity index (χ4n) is 2.83. The molecule has 2 aliphatic rings. The van der Waals surface area contributed by atoms with Crippen LogP contribution >= 0.6 is 0 Å². The summed E-state index contributed by atoms with van der Waals surface area (Å²) in [5, 5.41) is 11.7. The Bertz CT molecular complexity index is 645. The molecule has 1 saturated carbocycles. The van der Waals surface area contributed by atoms with Gasteiger partial charge in [-0.2, -0.15) is 0 Å². The second kappa shape index (κ2) is 5.40. The monoisotopic (exact) mass is 303 g/mol. The van der Waals surface area contributed by atoms with Crippen LogP contribution < -0.4 is 5.32 Å². The van der Waals surface area contributed by atoms with E-state index in [1.165, 1.54) is 18.2 Å². The number of carboxylic acid groups (broad SMARTS) is 1. The summed E-state index contributed by atoms with van der Waals surface area (Å²) in [7, 11) is 0. The normalized spacial score (nSPS) is 26.9. The minimum atomic E-state index is -1.18. The first kappa shape index (κ1) is 14.5. The van der Waals surface area contributed by atoms with Gasteiger partial charge in [-0.15, -0.1) is 0 Å². The van der Waals surface area contributed by atoms with Crippen molar-refractivity contribution in [3.8, 4) is 0 Å². The maximum atomic E-state index is 12.1. The molecule has 2 N–H and O–H groups in total. The second-order valence-corrected chi connectivity index (χ2v) is 5.91. The van der Waals surface area contributed by atoms with Crippen LogP contribution in [0.2, 0.25) is 0 Å². The third kappa shape index (κ3) is 2.79. The van der Waals surface area contributed by atoms with E-state index < -0.39 is 11.9 Å². The van der Waals surface area contributed by atoms with Crippen molar-refractivity contribution in [2.75, 3.05) is 6.54 Å². The zero-order valence-electron chi connectivity index (χ0n) is 12.2. The van der Waals surface area contributed by atoms with E-state index in [9.17, 15) is 14.4 Å². The summed E-state index contributed by atoms with van der Waals surface area (Å²) in [5.74, 6) is -1.04. The zero-order valence-corrected chi connectivity index (χ0v) is 12.2. The molecule has 0 bridgehead atoms. The predicted octanol–water partition coefficient (Wildman–Crippen LogP) is 0.519. The van der Waals surface area contributed by atoms with E-state index in [4.69, 9.17) is 5.11 Å². The molecule has 1 saturated heterocycles. The quantitative estimate of drug-likeness (QED) is 0.844. The topological polar surface area (TPSA) is 99.6 Å². The van der Waals surface area contributed by atoms with Crippen molar-refractivity contribution >= 4 is 17.8 Å². The van der Waals surface area contributed by atoms with Gasteiger partial charge in [-0.3, -0.25) is 9.59 Å². The van der Waals surface area contributed by atoms with Crippen LogP contribution in [0.3, 0.4) is 0 Å². The lowest BCUT2D eigenvalue weighted by Gasteiger charge is -2.16. The Morgan fingerprint density at radius 1 is 1.36 bits per heavy atom. The van der Waals surface area contributed by atoms with Crippen LogP contribution in [0.5, 0.6) is 0 Å². The number of nitrogens with zero attached hydrogens (tertiary/aromatic N) is 2. The molecule has 1 aromatic heterocycles. The fraction of sp³-hybridized carbons (Fsp3) is 0.467. The van der Waals surface area contributed by atoms with E-state index in [0.717, 1.165) is 6.42 Å². The Morgan fingerprint density at radius 2 is 2.05 bits per heavy atom. The smallest absolute Gasteiger partial charge is 0.354 e. The van der Waals surface area contributed by atoms with Crippen LogP contribution in [0.25, 0.3) is 0 Å². The second-order valence-electron chi connectivity index (χ2n) is 5.91. The summed E-state index contributed by atoms with van der Waals surface area (Å²) >= 11 is 0. The number of nitrogens with one attached hydrogen (secondary N) is 1. The van der Waals surface area contributed by atoms with Gasteiger partial charge in [0.25, 0.3) is 5.91 Å². The van der Waals surface area contributed by atoms with Gasteiger partial charge in [0.1, 0.15) is 11.4 Å². The van der Waals surface area contributed by atoms with Crippen molar-refractivity contribution in [3.63, 3.8) is 0 Å². The van der Waals surface area contributed by atoms with Crippen molar-refractivity contribution in [1.29, 1.82) is 0 Å². The Labute approximate surface area is 127 Å². The average Bonchev–Trinajstić information content (AvgIpc) is 3.09. The summed E-state index contributed by atoms with van der Waals surface area (Å²) in [6.45, 7) is 2.61. The van der Waals surface area contributed by atoms with Gasteiger partial charge in [0.15, 0.2) is 0 Å². The van der Waals surface area contributed by atoms with Gasteiger partial charge in [0.05, 0.1) is 6.04 Å². The van der Waals surface area contributed by atoms with E-state index in [1.54, 1.807) is 0 Å². The summed E-state index contributed by atoms with van der Waals surface area (Å²) in [6, 6.07) is 4.32. The van der Waals surface area contributed by atoms with E-state index in [-0.39, 0.29) is 29.8 Å². The van der Waals surface area contributed by atoms with E-state index in [1.807, 2.05) is 4.90 Å². The van der Waals surface area contributed by atoms with Gasteiger partial charge in [0.2, 0.25) is 5.91 Å². The van der Waals surface area contributed by atoms with Gasteiger partial charge in [0, 0.05) is 19.0 Å². The molecule has 0 radical (unpaired) electrons. The van der Waals surface area contributed by atoms with Crippen LogP contribution in [0.4, 0.5) is 0 Å². The van der Waals surface area contributed by atoms with Crippen LogP contribution in [0, 0.1) is 5.92 Å². The number of carboxylic acids is 1.